The molecule has 0 radical (unpaired) electrons. The van der Waals surface area contributed by atoms with Gasteiger partial charge in [0.25, 0.3) is 5.91 Å². The molecule has 3 amide bonds. The SMILES string of the molecule is CCNC(=O)NC(=O)COC(=O)c1cc(S(=O)(=O)N2CCCC2)ccc1Cl. The molecule has 1 aliphatic rings. The van der Waals surface area contributed by atoms with Gasteiger partial charge in [-0.1, -0.05) is 11.6 Å². The molecule has 0 bridgehead atoms. The van der Waals surface area contributed by atoms with Gasteiger partial charge in [-0.2, -0.15) is 4.31 Å². The fourth-order valence-electron chi connectivity index (χ4n) is 2.48. The summed E-state index contributed by atoms with van der Waals surface area (Å²) in [5.74, 6) is -1.80. The van der Waals surface area contributed by atoms with Crippen molar-refractivity contribution in [2.45, 2.75) is 24.7 Å². The fraction of sp³-hybridized carbons (Fsp3) is 0.438. The second-order valence-electron chi connectivity index (χ2n) is 5.74. The van der Waals surface area contributed by atoms with Crippen molar-refractivity contribution < 1.29 is 27.5 Å². The van der Waals surface area contributed by atoms with E-state index in [2.05, 4.69) is 5.32 Å². The minimum atomic E-state index is -3.73. The van der Waals surface area contributed by atoms with E-state index in [1.807, 2.05) is 5.32 Å². The zero-order valence-electron chi connectivity index (χ0n) is 14.7. The van der Waals surface area contributed by atoms with Crippen LogP contribution in [0.3, 0.4) is 0 Å². The van der Waals surface area contributed by atoms with Gasteiger partial charge in [0.05, 0.1) is 15.5 Å². The van der Waals surface area contributed by atoms with Gasteiger partial charge in [0, 0.05) is 19.6 Å². The Bertz CT molecular complexity index is 837. The van der Waals surface area contributed by atoms with E-state index in [1.54, 1.807) is 6.92 Å². The van der Waals surface area contributed by atoms with Gasteiger partial charge in [0.2, 0.25) is 10.0 Å². The quantitative estimate of drug-likeness (QED) is 0.669. The van der Waals surface area contributed by atoms with Gasteiger partial charge in [-0.3, -0.25) is 10.1 Å². The van der Waals surface area contributed by atoms with Crippen molar-refractivity contribution in [3.63, 3.8) is 0 Å². The summed E-state index contributed by atoms with van der Waals surface area (Å²) in [5.41, 5.74) is -0.178. The van der Waals surface area contributed by atoms with E-state index in [-0.39, 0.29) is 15.5 Å². The number of rotatable bonds is 6. The van der Waals surface area contributed by atoms with Gasteiger partial charge in [-0.05, 0) is 38.0 Å². The number of imide groups is 1. The largest absolute Gasteiger partial charge is 0.452 e. The maximum Gasteiger partial charge on any atom is 0.340 e. The Kier molecular flexibility index (Phi) is 7.17. The maximum absolute atomic E-state index is 12.6. The number of sulfonamides is 1. The van der Waals surface area contributed by atoms with Crippen LogP contribution in [0.2, 0.25) is 5.02 Å². The van der Waals surface area contributed by atoms with Gasteiger partial charge < -0.3 is 10.1 Å². The Morgan fingerprint density at radius 2 is 1.89 bits per heavy atom. The molecule has 1 saturated heterocycles. The van der Waals surface area contributed by atoms with Crippen LogP contribution >= 0.6 is 11.6 Å². The van der Waals surface area contributed by atoms with E-state index in [1.165, 1.54) is 16.4 Å². The Hall–Kier alpha value is -2.17. The van der Waals surface area contributed by atoms with E-state index in [0.29, 0.717) is 19.6 Å². The number of nitrogens with zero attached hydrogens (tertiary/aromatic N) is 1. The van der Waals surface area contributed by atoms with Crippen molar-refractivity contribution in [2.24, 2.45) is 0 Å². The first-order valence-electron chi connectivity index (χ1n) is 8.30. The molecule has 0 aliphatic carbocycles. The number of amides is 3. The summed E-state index contributed by atoms with van der Waals surface area (Å²) >= 11 is 5.97. The van der Waals surface area contributed by atoms with Gasteiger partial charge >= 0.3 is 12.0 Å². The summed E-state index contributed by atoms with van der Waals surface area (Å²) in [5, 5.41) is 4.32. The smallest absolute Gasteiger partial charge is 0.340 e. The van der Waals surface area contributed by atoms with Crippen molar-refractivity contribution >= 4 is 39.5 Å². The third-order valence-corrected chi connectivity index (χ3v) is 6.01. The summed E-state index contributed by atoms with van der Waals surface area (Å²) in [6, 6.07) is 3.01. The minimum Gasteiger partial charge on any atom is -0.452 e. The highest BCUT2D eigenvalue weighted by Gasteiger charge is 2.28. The van der Waals surface area contributed by atoms with E-state index in [0.717, 1.165) is 18.9 Å². The van der Waals surface area contributed by atoms with Crippen LogP contribution in [0.5, 0.6) is 0 Å². The Morgan fingerprint density at radius 3 is 2.52 bits per heavy atom. The number of hydrogen-bond donors (Lipinski definition) is 2. The molecule has 11 heteroatoms. The molecular formula is C16H20ClN3O6S. The lowest BCUT2D eigenvalue weighted by Crippen LogP contribution is -2.41. The molecule has 9 nitrogen and oxygen atoms in total. The molecule has 1 heterocycles. The van der Waals surface area contributed by atoms with Crippen LogP contribution in [0, 0.1) is 0 Å². The first kappa shape index (κ1) is 21.1. The summed E-state index contributed by atoms with van der Waals surface area (Å²) in [7, 11) is -3.73. The van der Waals surface area contributed by atoms with Crippen molar-refractivity contribution in [1.82, 2.24) is 14.9 Å². The number of ether oxygens (including phenoxy) is 1. The second kappa shape index (κ2) is 9.16. The zero-order chi connectivity index (χ0) is 20.0. The number of carbonyl (C=O) groups excluding carboxylic acids is 3. The Labute approximate surface area is 162 Å². The topological polar surface area (TPSA) is 122 Å². The molecule has 1 aromatic carbocycles. The number of hydrogen-bond acceptors (Lipinski definition) is 6. The number of halogens is 1. The summed E-state index contributed by atoms with van der Waals surface area (Å²) < 4.78 is 31.3. The summed E-state index contributed by atoms with van der Waals surface area (Å²) in [4.78, 5) is 34.9. The third kappa shape index (κ3) is 5.41. The first-order chi connectivity index (χ1) is 12.8. The van der Waals surface area contributed by atoms with Crippen LogP contribution in [0.4, 0.5) is 4.79 Å². The number of esters is 1. The Balaban J connectivity index is 2.08. The second-order valence-corrected chi connectivity index (χ2v) is 8.08. The standard InChI is InChI=1S/C16H20ClN3O6S/c1-2-18-16(23)19-14(21)10-26-15(22)12-9-11(5-6-13(12)17)27(24,25)20-7-3-4-8-20/h5-6,9H,2-4,7-8,10H2,1H3,(H2,18,19,21,23). The molecular weight excluding hydrogens is 398 g/mol. The summed E-state index contributed by atoms with van der Waals surface area (Å²) in [6.45, 7) is 2.13. The molecule has 1 fully saturated rings. The third-order valence-electron chi connectivity index (χ3n) is 3.79. The molecule has 0 saturated carbocycles. The van der Waals surface area contributed by atoms with E-state index >= 15 is 0 Å². The fourth-order valence-corrected chi connectivity index (χ4v) is 4.21. The van der Waals surface area contributed by atoms with Gasteiger partial charge in [-0.25, -0.2) is 18.0 Å². The molecule has 0 aromatic heterocycles. The average Bonchev–Trinajstić information content (AvgIpc) is 3.15. The monoisotopic (exact) mass is 417 g/mol. The predicted octanol–water partition coefficient (Wildman–Crippen LogP) is 1.13. The minimum absolute atomic E-state index is 0.00972. The lowest BCUT2D eigenvalue weighted by Gasteiger charge is -2.16. The molecule has 1 aromatic rings. The Morgan fingerprint density at radius 1 is 1.22 bits per heavy atom. The predicted molar refractivity (Wildman–Crippen MR) is 96.9 cm³/mol. The van der Waals surface area contributed by atoms with Crippen molar-refractivity contribution in [3.05, 3.63) is 28.8 Å². The van der Waals surface area contributed by atoms with Crippen LogP contribution in [0.15, 0.2) is 23.1 Å². The number of nitrogens with one attached hydrogen (secondary N) is 2. The average molecular weight is 418 g/mol. The molecule has 2 N–H and O–H groups in total. The highest BCUT2D eigenvalue weighted by molar-refractivity contribution is 7.89. The van der Waals surface area contributed by atoms with Gasteiger partial charge in [0.15, 0.2) is 6.61 Å². The first-order valence-corrected chi connectivity index (χ1v) is 10.1. The molecule has 2 rings (SSSR count). The van der Waals surface area contributed by atoms with Crippen LogP contribution in [-0.2, 0) is 19.6 Å². The molecule has 0 spiro atoms. The van der Waals surface area contributed by atoms with Crippen LogP contribution < -0.4 is 10.6 Å². The van der Waals surface area contributed by atoms with Crippen molar-refractivity contribution in [2.75, 3.05) is 26.2 Å². The zero-order valence-corrected chi connectivity index (χ0v) is 16.2. The highest BCUT2D eigenvalue weighted by atomic mass is 35.5. The van der Waals surface area contributed by atoms with Crippen LogP contribution in [0.1, 0.15) is 30.1 Å². The van der Waals surface area contributed by atoms with Crippen molar-refractivity contribution in [3.8, 4) is 0 Å². The molecule has 148 valence electrons. The van der Waals surface area contributed by atoms with Gasteiger partial charge in [-0.15, -0.1) is 0 Å². The van der Waals surface area contributed by atoms with Crippen LogP contribution in [0.25, 0.3) is 0 Å². The van der Waals surface area contributed by atoms with Crippen LogP contribution in [-0.4, -0.2) is 56.9 Å². The lowest BCUT2D eigenvalue weighted by atomic mass is 10.2. The van der Waals surface area contributed by atoms with E-state index in [9.17, 15) is 22.8 Å². The molecule has 27 heavy (non-hydrogen) atoms. The number of carbonyl (C=O) groups is 3. The van der Waals surface area contributed by atoms with E-state index < -0.39 is 34.5 Å². The molecule has 0 unspecified atom stereocenters. The van der Waals surface area contributed by atoms with Crippen molar-refractivity contribution in [1.29, 1.82) is 0 Å². The van der Waals surface area contributed by atoms with Gasteiger partial charge in [0.1, 0.15) is 0 Å². The lowest BCUT2D eigenvalue weighted by molar-refractivity contribution is -0.123. The van der Waals surface area contributed by atoms with E-state index in [4.69, 9.17) is 16.3 Å². The normalized spacial score (nSPS) is 14.6. The maximum atomic E-state index is 12.6. The number of benzene rings is 1. The number of urea groups is 1. The molecule has 0 atom stereocenters. The molecule has 1 aliphatic heterocycles. The highest BCUT2D eigenvalue weighted by Crippen LogP contribution is 2.25. The summed E-state index contributed by atoms with van der Waals surface area (Å²) in [6.07, 6.45) is 1.56.